The normalized spacial score (nSPS) is 16.6. The molecule has 10 heteroatoms. The number of anilines is 1. The summed E-state index contributed by atoms with van der Waals surface area (Å²) >= 11 is 0. The second-order valence-electron chi connectivity index (χ2n) is 7.06. The van der Waals surface area contributed by atoms with Gasteiger partial charge in [-0.3, -0.25) is 9.78 Å². The molecule has 1 saturated heterocycles. The van der Waals surface area contributed by atoms with E-state index >= 15 is 0 Å². The molecule has 0 aliphatic carbocycles. The highest BCUT2D eigenvalue weighted by Gasteiger charge is 2.37. The van der Waals surface area contributed by atoms with Crippen molar-refractivity contribution in [2.24, 2.45) is 0 Å². The van der Waals surface area contributed by atoms with Crippen LogP contribution in [0.1, 0.15) is 23.1 Å². The summed E-state index contributed by atoms with van der Waals surface area (Å²) in [4.78, 5) is 16.1. The zero-order valence-electron chi connectivity index (χ0n) is 16.5. The number of hydrogen-bond donors (Lipinski definition) is 0. The van der Waals surface area contributed by atoms with Crippen molar-refractivity contribution in [1.82, 2.24) is 9.29 Å². The lowest BCUT2D eigenvalue weighted by atomic mass is 10.1. The fourth-order valence-electron chi connectivity index (χ4n) is 3.43. The van der Waals surface area contributed by atoms with Crippen molar-refractivity contribution in [3.8, 4) is 0 Å². The van der Waals surface area contributed by atoms with E-state index in [1.54, 1.807) is 26.2 Å². The molecule has 1 aliphatic heterocycles. The third-order valence-corrected chi connectivity index (χ3v) is 8.75. The summed E-state index contributed by atoms with van der Waals surface area (Å²) in [7, 11) is -5.98. The molecule has 0 bridgehead atoms. The third kappa shape index (κ3) is 4.19. The molecular formula is C19H23N3O5S2. The van der Waals surface area contributed by atoms with Crippen molar-refractivity contribution < 1.29 is 21.6 Å². The van der Waals surface area contributed by atoms with Gasteiger partial charge in [-0.15, -0.1) is 0 Å². The fourth-order valence-corrected chi connectivity index (χ4v) is 6.45. The van der Waals surface area contributed by atoms with E-state index in [2.05, 4.69) is 4.98 Å². The molecule has 1 fully saturated rings. The Morgan fingerprint density at radius 2 is 1.72 bits per heavy atom. The van der Waals surface area contributed by atoms with Crippen LogP contribution in [0.25, 0.3) is 0 Å². The van der Waals surface area contributed by atoms with Crippen LogP contribution in [0.5, 0.6) is 0 Å². The van der Waals surface area contributed by atoms with Gasteiger partial charge in [-0.05, 0) is 61.2 Å². The molecule has 156 valence electrons. The summed E-state index contributed by atoms with van der Waals surface area (Å²) in [5.41, 5.74) is 1.95. The second-order valence-corrected chi connectivity index (χ2v) is 11.0. The molecule has 1 amide bonds. The molecule has 29 heavy (non-hydrogen) atoms. The van der Waals surface area contributed by atoms with Gasteiger partial charge in [0, 0.05) is 32.4 Å². The summed E-state index contributed by atoms with van der Waals surface area (Å²) in [6.45, 7) is 3.49. The molecule has 0 saturated carbocycles. The highest BCUT2D eigenvalue weighted by molar-refractivity contribution is 7.94. The van der Waals surface area contributed by atoms with Crippen molar-refractivity contribution in [2.45, 2.75) is 31.6 Å². The van der Waals surface area contributed by atoms with Gasteiger partial charge >= 0.3 is 0 Å². The van der Waals surface area contributed by atoms with Crippen LogP contribution in [-0.2, 0) is 31.3 Å². The number of amides is 1. The molecular weight excluding hydrogens is 414 g/mol. The van der Waals surface area contributed by atoms with Crippen LogP contribution in [0, 0.1) is 13.8 Å². The minimum absolute atomic E-state index is 0.0712. The van der Waals surface area contributed by atoms with Crippen LogP contribution in [0.15, 0.2) is 41.6 Å². The number of rotatable bonds is 6. The SMILES string of the molecule is Cc1cc(N2C(=O)CCS2(=O)=O)cc(C)c1S(=O)(=O)N(C)CCc1ccncc1. The van der Waals surface area contributed by atoms with Crippen molar-refractivity contribution in [3.63, 3.8) is 0 Å². The largest absolute Gasteiger partial charge is 0.273 e. The molecule has 3 rings (SSSR count). The highest BCUT2D eigenvalue weighted by atomic mass is 32.2. The van der Waals surface area contributed by atoms with Crippen LogP contribution in [0.2, 0.25) is 0 Å². The standard InChI is InChI=1S/C19H23N3O5S2/c1-14-12-17(22-18(23)7-11-28(22,24)25)13-15(2)19(14)29(26,27)21(3)10-6-16-4-8-20-9-5-16/h4-5,8-9,12-13H,6-7,10-11H2,1-3H3. The number of aromatic nitrogens is 1. The van der Waals surface area contributed by atoms with E-state index in [-0.39, 0.29) is 29.3 Å². The molecule has 2 heterocycles. The Labute approximate surface area is 171 Å². The van der Waals surface area contributed by atoms with Crippen molar-refractivity contribution in [3.05, 3.63) is 53.3 Å². The van der Waals surface area contributed by atoms with Crippen molar-refractivity contribution >= 4 is 31.6 Å². The van der Waals surface area contributed by atoms with Gasteiger partial charge in [0.25, 0.3) is 0 Å². The molecule has 0 N–H and O–H groups in total. The number of sulfonamides is 2. The minimum atomic E-state index is -3.79. The topological polar surface area (TPSA) is 105 Å². The van der Waals surface area contributed by atoms with E-state index in [0.717, 1.165) is 9.87 Å². The quantitative estimate of drug-likeness (QED) is 0.680. The molecule has 8 nitrogen and oxygen atoms in total. The smallest absolute Gasteiger partial charge is 0.243 e. The molecule has 1 aromatic heterocycles. The summed E-state index contributed by atoms with van der Waals surface area (Å²) < 4.78 is 52.7. The highest BCUT2D eigenvalue weighted by Crippen LogP contribution is 2.32. The number of benzene rings is 1. The summed E-state index contributed by atoms with van der Waals surface area (Å²) in [5.74, 6) is -0.740. The van der Waals surface area contributed by atoms with Gasteiger partial charge in [-0.1, -0.05) is 0 Å². The van der Waals surface area contributed by atoms with Crippen LogP contribution >= 0.6 is 0 Å². The number of hydrogen-bond acceptors (Lipinski definition) is 6. The van der Waals surface area contributed by atoms with E-state index in [4.69, 9.17) is 0 Å². The van der Waals surface area contributed by atoms with Gasteiger partial charge < -0.3 is 0 Å². The Balaban J connectivity index is 1.91. The zero-order chi connectivity index (χ0) is 21.4. The Morgan fingerprint density at radius 3 is 2.24 bits per heavy atom. The molecule has 0 spiro atoms. The molecule has 2 aromatic rings. The van der Waals surface area contributed by atoms with Gasteiger partial charge in [0.2, 0.25) is 26.0 Å². The van der Waals surface area contributed by atoms with Gasteiger partial charge in [0.15, 0.2) is 0 Å². The lowest BCUT2D eigenvalue weighted by Gasteiger charge is -2.22. The van der Waals surface area contributed by atoms with Gasteiger partial charge in [0.05, 0.1) is 16.3 Å². The second kappa shape index (κ2) is 7.85. The van der Waals surface area contributed by atoms with Crippen LogP contribution in [0.4, 0.5) is 5.69 Å². The van der Waals surface area contributed by atoms with E-state index in [9.17, 15) is 21.6 Å². The van der Waals surface area contributed by atoms with E-state index in [1.165, 1.54) is 23.5 Å². The number of carbonyl (C=O) groups is 1. The third-order valence-electron chi connectivity index (χ3n) is 4.89. The van der Waals surface area contributed by atoms with Crippen LogP contribution < -0.4 is 4.31 Å². The average Bonchev–Trinajstić information content (AvgIpc) is 2.92. The van der Waals surface area contributed by atoms with Crippen LogP contribution in [0.3, 0.4) is 0 Å². The Kier molecular flexibility index (Phi) is 5.79. The Bertz CT molecular complexity index is 1120. The molecule has 0 unspecified atom stereocenters. The predicted octanol–water partition coefficient (Wildman–Crippen LogP) is 1.63. The monoisotopic (exact) mass is 437 g/mol. The lowest BCUT2D eigenvalue weighted by molar-refractivity contribution is -0.116. The Morgan fingerprint density at radius 1 is 1.14 bits per heavy atom. The average molecular weight is 438 g/mol. The summed E-state index contributed by atoms with van der Waals surface area (Å²) in [6, 6.07) is 6.55. The maximum absolute atomic E-state index is 13.1. The zero-order valence-corrected chi connectivity index (χ0v) is 18.1. The first kappa shape index (κ1) is 21.4. The van der Waals surface area contributed by atoms with E-state index < -0.39 is 26.0 Å². The summed E-state index contributed by atoms with van der Waals surface area (Å²) in [5, 5.41) is 0. The van der Waals surface area contributed by atoms with Crippen molar-refractivity contribution in [1.29, 1.82) is 0 Å². The fraction of sp³-hybridized carbons (Fsp3) is 0.368. The summed E-state index contributed by atoms with van der Waals surface area (Å²) in [6.07, 6.45) is 3.78. The number of pyridine rings is 1. The number of nitrogens with zero attached hydrogens (tertiary/aromatic N) is 3. The number of carbonyl (C=O) groups excluding carboxylic acids is 1. The first-order valence-electron chi connectivity index (χ1n) is 9.06. The molecule has 1 aromatic carbocycles. The lowest BCUT2D eigenvalue weighted by Crippen LogP contribution is -2.31. The van der Waals surface area contributed by atoms with Gasteiger partial charge in [-0.25, -0.2) is 25.4 Å². The van der Waals surface area contributed by atoms with Gasteiger partial charge in [-0.2, -0.15) is 0 Å². The van der Waals surface area contributed by atoms with Crippen molar-refractivity contribution in [2.75, 3.05) is 23.7 Å². The maximum Gasteiger partial charge on any atom is 0.243 e. The minimum Gasteiger partial charge on any atom is -0.273 e. The molecule has 0 radical (unpaired) electrons. The van der Waals surface area contributed by atoms with Crippen LogP contribution in [-0.4, -0.2) is 51.4 Å². The Hall–Kier alpha value is -2.30. The number of aryl methyl sites for hydroxylation is 2. The maximum atomic E-state index is 13.1. The number of likely N-dealkylation sites (N-methyl/N-ethyl adjacent to an activating group) is 1. The molecule has 0 atom stereocenters. The first-order valence-corrected chi connectivity index (χ1v) is 12.1. The van der Waals surface area contributed by atoms with E-state index in [0.29, 0.717) is 17.5 Å². The van der Waals surface area contributed by atoms with E-state index in [1.807, 2.05) is 12.1 Å². The first-order chi connectivity index (χ1) is 13.5. The predicted molar refractivity (Wildman–Crippen MR) is 110 cm³/mol. The molecule has 1 aliphatic rings. The van der Waals surface area contributed by atoms with Gasteiger partial charge in [0.1, 0.15) is 0 Å².